The van der Waals surface area contributed by atoms with Crippen LogP contribution in [0.4, 0.5) is 5.69 Å². The van der Waals surface area contributed by atoms with Crippen LogP contribution in [0.5, 0.6) is 0 Å². The Labute approximate surface area is 203 Å². The van der Waals surface area contributed by atoms with Gasteiger partial charge in [0.1, 0.15) is 0 Å². The van der Waals surface area contributed by atoms with E-state index in [-0.39, 0.29) is 29.5 Å². The summed E-state index contributed by atoms with van der Waals surface area (Å²) in [6.07, 6.45) is 0. The van der Waals surface area contributed by atoms with Gasteiger partial charge in [0.2, 0.25) is 5.91 Å². The summed E-state index contributed by atoms with van der Waals surface area (Å²) in [4.78, 5) is 25.3. The third kappa shape index (κ3) is 6.15. The minimum absolute atomic E-state index is 0.0602. The second kappa shape index (κ2) is 10.9. The first-order valence-corrected chi connectivity index (χ1v) is 12.0. The molecule has 2 aromatic carbocycles. The van der Waals surface area contributed by atoms with Crippen LogP contribution in [0.15, 0.2) is 47.6 Å². The van der Waals surface area contributed by atoms with Crippen molar-refractivity contribution in [3.63, 3.8) is 0 Å². The van der Waals surface area contributed by atoms with Gasteiger partial charge >= 0.3 is 0 Å². The SMILES string of the molecule is Cc1ccc(NC(=O)CSc2nnc(C(NC(=O)c3ccccc3Cl)C(C)C)n2C)c(C)c1. The summed E-state index contributed by atoms with van der Waals surface area (Å²) in [6.45, 7) is 7.97. The maximum atomic E-state index is 12.8. The minimum Gasteiger partial charge on any atom is -0.342 e. The van der Waals surface area contributed by atoms with Crippen molar-refractivity contribution in [3.05, 3.63) is 70.0 Å². The molecule has 33 heavy (non-hydrogen) atoms. The molecule has 3 rings (SSSR count). The first kappa shape index (κ1) is 24.8. The summed E-state index contributed by atoms with van der Waals surface area (Å²) in [5, 5.41) is 15.5. The largest absolute Gasteiger partial charge is 0.342 e. The van der Waals surface area contributed by atoms with E-state index in [1.165, 1.54) is 11.8 Å². The molecular formula is C24H28ClN5O2S. The van der Waals surface area contributed by atoms with Crippen molar-refractivity contribution in [2.24, 2.45) is 13.0 Å². The van der Waals surface area contributed by atoms with Crippen LogP contribution in [0, 0.1) is 19.8 Å². The topological polar surface area (TPSA) is 88.9 Å². The summed E-state index contributed by atoms with van der Waals surface area (Å²) in [5.41, 5.74) is 3.37. The van der Waals surface area contributed by atoms with Gasteiger partial charge in [-0.05, 0) is 43.5 Å². The molecule has 1 atom stereocenters. The van der Waals surface area contributed by atoms with Crippen LogP contribution in [0.3, 0.4) is 0 Å². The fraction of sp³-hybridized carbons (Fsp3) is 0.333. The average molecular weight is 486 g/mol. The molecule has 0 aliphatic carbocycles. The molecule has 0 aliphatic rings. The minimum atomic E-state index is -0.371. The molecular weight excluding hydrogens is 458 g/mol. The van der Waals surface area contributed by atoms with E-state index < -0.39 is 0 Å². The molecule has 0 fully saturated rings. The number of benzene rings is 2. The number of nitrogens with one attached hydrogen (secondary N) is 2. The number of amides is 2. The van der Waals surface area contributed by atoms with E-state index in [4.69, 9.17) is 11.6 Å². The quantitative estimate of drug-likeness (QED) is 0.441. The summed E-state index contributed by atoms with van der Waals surface area (Å²) in [7, 11) is 1.83. The highest BCUT2D eigenvalue weighted by atomic mass is 35.5. The molecule has 174 valence electrons. The van der Waals surface area contributed by atoms with Crippen LogP contribution in [0.2, 0.25) is 5.02 Å². The summed E-state index contributed by atoms with van der Waals surface area (Å²) >= 11 is 7.47. The molecule has 0 saturated heterocycles. The van der Waals surface area contributed by atoms with Gasteiger partial charge in [0, 0.05) is 12.7 Å². The molecule has 2 amide bonds. The van der Waals surface area contributed by atoms with E-state index in [2.05, 4.69) is 20.8 Å². The molecule has 0 spiro atoms. The lowest BCUT2D eigenvalue weighted by Crippen LogP contribution is -2.33. The Hall–Kier alpha value is -2.84. The third-order valence-electron chi connectivity index (χ3n) is 5.21. The van der Waals surface area contributed by atoms with Crippen molar-refractivity contribution in [1.82, 2.24) is 20.1 Å². The zero-order valence-corrected chi connectivity index (χ0v) is 20.9. The Morgan fingerprint density at radius 1 is 1.12 bits per heavy atom. The molecule has 9 heteroatoms. The van der Waals surface area contributed by atoms with Crippen LogP contribution in [-0.2, 0) is 11.8 Å². The fourth-order valence-corrected chi connectivity index (χ4v) is 4.33. The molecule has 1 heterocycles. The third-order valence-corrected chi connectivity index (χ3v) is 6.56. The first-order valence-electron chi connectivity index (χ1n) is 10.6. The van der Waals surface area contributed by atoms with Gasteiger partial charge in [-0.15, -0.1) is 10.2 Å². The average Bonchev–Trinajstić information content (AvgIpc) is 3.12. The van der Waals surface area contributed by atoms with E-state index in [0.29, 0.717) is 21.6 Å². The number of carbonyl (C=O) groups is 2. The number of hydrogen-bond acceptors (Lipinski definition) is 5. The molecule has 0 aliphatic heterocycles. The predicted molar refractivity (Wildman–Crippen MR) is 133 cm³/mol. The lowest BCUT2D eigenvalue weighted by Gasteiger charge is -2.22. The number of nitrogens with zero attached hydrogens (tertiary/aromatic N) is 3. The first-order chi connectivity index (χ1) is 15.7. The summed E-state index contributed by atoms with van der Waals surface area (Å²) < 4.78 is 1.81. The lowest BCUT2D eigenvalue weighted by atomic mass is 10.0. The number of carbonyl (C=O) groups excluding carboxylic acids is 2. The van der Waals surface area contributed by atoms with E-state index in [9.17, 15) is 9.59 Å². The number of rotatable bonds is 8. The number of halogens is 1. The Balaban J connectivity index is 1.68. The van der Waals surface area contributed by atoms with E-state index in [1.54, 1.807) is 24.3 Å². The van der Waals surface area contributed by atoms with Gasteiger partial charge in [0.25, 0.3) is 5.91 Å². The fourth-order valence-electron chi connectivity index (χ4n) is 3.39. The van der Waals surface area contributed by atoms with E-state index in [0.717, 1.165) is 16.8 Å². The standard InChI is InChI=1S/C24H28ClN5O2S/c1-14(2)21(27-23(32)17-8-6-7-9-18(17)25)22-28-29-24(30(22)5)33-13-20(31)26-19-11-10-15(3)12-16(19)4/h6-12,14,21H,13H2,1-5H3,(H,26,31)(H,27,32). The maximum Gasteiger partial charge on any atom is 0.253 e. The van der Waals surface area contributed by atoms with Gasteiger partial charge < -0.3 is 15.2 Å². The highest BCUT2D eigenvalue weighted by Gasteiger charge is 2.26. The monoisotopic (exact) mass is 485 g/mol. The molecule has 1 unspecified atom stereocenters. The van der Waals surface area contributed by atoms with Gasteiger partial charge in [0.15, 0.2) is 11.0 Å². The highest BCUT2D eigenvalue weighted by molar-refractivity contribution is 7.99. The molecule has 0 bridgehead atoms. The maximum absolute atomic E-state index is 12.8. The van der Waals surface area contributed by atoms with E-state index >= 15 is 0 Å². The summed E-state index contributed by atoms with van der Waals surface area (Å²) in [5.74, 6) is 0.471. The van der Waals surface area contributed by atoms with Crippen molar-refractivity contribution in [3.8, 4) is 0 Å². The number of anilines is 1. The molecule has 0 saturated carbocycles. The second-order valence-corrected chi connectivity index (χ2v) is 9.58. The van der Waals surface area contributed by atoms with Gasteiger partial charge in [0.05, 0.1) is 22.4 Å². The Morgan fingerprint density at radius 3 is 2.52 bits per heavy atom. The smallest absolute Gasteiger partial charge is 0.253 e. The van der Waals surface area contributed by atoms with Gasteiger partial charge in [-0.1, -0.05) is 67.0 Å². The van der Waals surface area contributed by atoms with Crippen LogP contribution in [0.25, 0.3) is 0 Å². The van der Waals surface area contributed by atoms with Crippen molar-refractivity contribution < 1.29 is 9.59 Å². The Morgan fingerprint density at radius 2 is 1.85 bits per heavy atom. The lowest BCUT2D eigenvalue weighted by molar-refractivity contribution is -0.113. The van der Waals surface area contributed by atoms with Gasteiger partial charge in [-0.3, -0.25) is 9.59 Å². The zero-order valence-electron chi connectivity index (χ0n) is 19.3. The predicted octanol–water partition coefficient (Wildman–Crippen LogP) is 4.94. The number of hydrogen-bond donors (Lipinski definition) is 2. The van der Waals surface area contributed by atoms with E-state index in [1.807, 2.05) is 57.5 Å². The number of thioether (sulfide) groups is 1. The van der Waals surface area contributed by atoms with Crippen LogP contribution < -0.4 is 10.6 Å². The van der Waals surface area contributed by atoms with Crippen molar-refractivity contribution >= 4 is 40.9 Å². The molecule has 1 aromatic heterocycles. The van der Waals surface area contributed by atoms with Crippen molar-refractivity contribution in [1.29, 1.82) is 0 Å². The summed E-state index contributed by atoms with van der Waals surface area (Å²) in [6, 6.07) is 12.4. The van der Waals surface area contributed by atoms with Crippen LogP contribution in [-0.4, -0.2) is 32.3 Å². The van der Waals surface area contributed by atoms with Crippen molar-refractivity contribution in [2.45, 2.75) is 38.9 Å². The number of aryl methyl sites for hydroxylation is 2. The van der Waals surface area contributed by atoms with Crippen molar-refractivity contribution in [2.75, 3.05) is 11.1 Å². The second-order valence-electron chi connectivity index (χ2n) is 8.23. The molecule has 2 N–H and O–H groups in total. The van der Waals surface area contributed by atoms with Crippen LogP contribution >= 0.6 is 23.4 Å². The zero-order chi connectivity index (χ0) is 24.1. The Bertz CT molecular complexity index is 1160. The molecule has 3 aromatic rings. The molecule has 7 nitrogen and oxygen atoms in total. The van der Waals surface area contributed by atoms with Crippen LogP contribution in [0.1, 0.15) is 47.2 Å². The van der Waals surface area contributed by atoms with Gasteiger partial charge in [-0.25, -0.2) is 0 Å². The van der Waals surface area contributed by atoms with Gasteiger partial charge in [-0.2, -0.15) is 0 Å². The molecule has 0 radical (unpaired) electrons. The highest BCUT2D eigenvalue weighted by Crippen LogP contribution is 2.25. The Kier molecular flexibility index (Phi) is 8.15. The normalized spacial score (nSPS) is 12.0. The number of aromatic nitrogens is 3.